The standard InChI is InChI=1S/C13H17N3O4/c1-9-8-14(2)5-6-15(9)10-3-4-12(16(19)20)11(7-10)13(17)18/h3-4,7,9H,5-6,8H2,1-2H3,(H,17,18). The van der Waals surface area contributed by atoms with Crippen molar-refractivity contribution in [3.63, 3.8) is 0 Å². The Balaban J connectivity index is 2.36. The van der Waals surface area contributed by atoms with Crippen molar-refractivity contribution >= 4 is 17.3 Å². The highest BCUT2D eigenvalue weighted by molar-refractivity contribution is 5.93. The van der Waals surface area contributed by atoms with Crippen LogP contribution in [-0.4, -0.2) is 53.6 Å². The zero-order valence-corrected chi connectivity index (χ0v) is 11.4. The molecule has 1 unspecified atom stereocenters. The van der Waals surface area contributed by atoms with E-state index in [2.05, 4.69) is 16.7 Å². The van der Waals surface area contributed by atoms with Crippen LogP contribution in [0.5, 0.6) is 0 Å². The van der Waals surface area contributed by atoms with Crippen LogP contribution in [0.15, 0.2) is 18.2 Å². The Bertz CT molecular complexity index is 546. The van der Waals surface area contributed by atoms with Crippen molar-refractivity contribution in [2.45, 2.75) is 13.0 Å². The molecule has 20 heavy (non-hydrogen) atoms. The summed E-state index contributed by atoms with van der Waals surface area (Å²) in [5.41, 5.74) is 0.0789. The van der Waals surface area contributed by atoms with Crippen LogP contribution in [0.4, 0.5) is 11.4 Å². The van der Waals surface area contributed by atoms with Gasteiger partial charge in [-0.3, -0.25) is 10.1 Å². The lowest BCUT2D eigenvalue weighted by Gasteiger charge is -2.39. The SMILES string of the molecule is CC1CN(C)CCN1c1ccc([N+](=O)[O-])c(C(=O)O)c1. The fraction of sp³-hybridized carbons (Fsp3) is 0.462. The minimum Gasteiger partial charge on any atom is -0.477 e. The largest absolute Gasteiger partial charge is 0.477 e. The number of aromatic carboxylic acids is 1. The summed E-state index contributed by atoms with van der Waals surface area (Å²) in [5.74, 6) is -1.28. The summed E-state index contributed by atoms with van der Waals surface area (Å²) >= 11 is 0. The number of carboxylic acid groups (broad SMARTS) is 1. The van der Waals surface area contributed by atoms with Gasteiger partial charge in [0.2, 0.25) is 0 Å². The van der Waals surface area contributed by atoms with E-state index in [1.165, 1.54) is 12.1 Å². The monoisotopic (exact) mass is 279 g/mol. The molecule has 1 heterocycles. The van der Waals surface area contributed by atoms with E-state index in [0.717, 1.165) is 19.6 Å². The molecule has 1 N–H and O–H groups in total. The summed E-state index contributed by atoms with van der Waals surface area (Å²) in [5, 5.41) is 20.0. The molecule has 1 aliphatic heterocycles. The highest BCUT2D eigenvalue weighted by Crippen LogP contribution is 2.27. The van der Waals surface area contributed by atoms with Crippen molar-refractivity contribution in [2.75, 3.05) is 31.6 Å². The Morgan fingerprint density at radius 1 is 1.45 bits per heavy atom. The molecule has 2 rings (SSSR count). The topological polar surface area (TPSA) is 86.9 Å². The summed E-state index contributed by atoms with van der Waals surface area (Å²) in [6, 6.07) is 4.51. The van der Waals surface area contributed by atoms with Crippen LogP contribution in [0.3, 0.4) is 0 Å². The number of anilines is 1. The highest BCUT2D eigenvalue weighted by Gasteiger charge is 2.25. The molecular weight excluding hydrogens is 262 g/mol. The third kappa shape index (κ3) is 2.72. The van der Waals surface area contributed by atoms with Gasteiger partial charge in [0.25, 0.3) is 5.69 Å². The van der Waals surface area contributed by atoms with Crippen molar-refractivity contribution in [2.24, 2.45) is 0 Å². The number of carbonyl (C=O) groups is 1. The quantitative estimate of drug-likeness (QED) is 0.665. The second-order valence-electron chi connectivity index (χ2n) is 5.07. The maximum absolute atomic E-state index is 11.2. The first-order chi connectivity index (χ1) is 9.40. The fourth-order valence-corrected chi connectivity index (χ4v) is 2.56. The van der Waals surface area contributed by atoms with Crippen LogP contribution in [0, 0.1) is 10.1 Å². The molecule has 1 fully saturated rings. The van der Waals surface area contributed by atoms with Gasteiger partial charge < -0.3 is 14.9 Å². The van der Waals surface area contributed by atoms with E-state index in [1.807, 2.05) is 7.05 Å². The molecule has 1 aromatic rings. The molecule has 0 radical (unpaired) electrons. The van der Waals surface area contributed by atoms with Gasteiger partial charge in [0.15, 0.2) is 0 Å². The Kier molecular flexibility index (Phi) is 3.89. The average molecular weight is 279 g/mol. The van der Waals surface area contributed by atoms with E-state index >= 15 is 0 Å². The third-order valence-corrected chi connectivity index (χ3v) is 3.57. The maximum atomic E-state index is 11.2. The van der Waals surface area contributed by atoms with Crippen molar-refractivity contribution in [3.8, 4) is 0 Å². The molecule has 1 saturated heterocycles. The molecule has 1 atom stereocenters. The zero-order chi connectivity index (χ0) is 14.9. The third-order valence-electron chi connectivity index (χ3n) is 3.57. The Morgan fingerprint density at radius 2 is 2.15 bits per heavy atom. The van der Waals surface area contributed by atoms with Crippen molar-refractivity contribution < 1.29 is 14.8 Å². The van der Waals surface area contributed by atoms with E-state index < -0.39 is 10.9 Å². The number of hydrogen-bond acceptors (Lipinski definition) is 5. The predicted octanol–water partition coefficient (Wildman–Crippen LogP) is 1.43. The first-order valence-corrected chi connectivity index (χ1v) is 6.37. The Labute approximate surface area is 116 Å². The molecule has 0 aromatic heterocycles. The van der Waals surface area contributed by atoms with Gasteiger partial charge in [-0.05, 0) is 26.1 Å². The predicted molar refractivity (Wildman–Crippen MR) is 74.4 cm³/mol. The van der Waals surface area contributed by atoms with Crippen LogP contribution < -0.4 is 4.90 Å². The van der Waals surface area contributed by atoms with Crippen molar-refractivity contribution in [1.82, 2.24) is 4.90 Å². The molecule has 0 saturated carbocycles. The van der Waals surface area contributed by atoms with E-state index in [-0.39, 0.29) is 17.3 Å². The second kappa shape index (κ2) is 5.46. The number of nitrogens with zero attached hydrogens (tertiary/aromatic N) is 3. The maximum Gasteiger partial charge on any atom is 0.342 e. The zero-order valence-electron chi connectivity index (χ0n) is 11.4. The number of benzene rings is 1. The Hall–Kier alpha value is -2.15. The van der Waals surface area contributed by atoms with Gasteiger partial charge in [0.05, 0.1) is 4.92 Å². The van der Waals surface area contributed by atoms with Crippen LogP contribution in [0.1, 0.15) is 17.3 Å². The highest BCUT2D eigenvalue weighted by atomic mass is 16.6. The minimum atomic E-state index is -1.28. The molecule has 0 bridgehead atoms. The van der Waals surface area contributed by atoms with Gasteiger partial charge in [0, 0.05) is 37.4 Å². The van der Waals surface area contributed by atoms with Gasteiger partial charge in [0.1, 0.15) is 5.56 Å². The van der Waals surface area contributed by atoms with Crippen molar-refractivity contribution in [1.29, 1.82) is 0 Å². The van der Waals surface area contributed by atoms with E-state index in [4.69, 9.17) is 5.11 Å². The molecule has 7 nitrogen and oxygen atoms in total. The summed E-state index contributed by atoms with van der Waals surface area (Å²) in [4.78, 5) is 25.6. The van der Waals surface area contributed by atoms with Crippen molar-refractivity contribution in [3.05, 3.63) is 33.9 Å². The van der Waals surface area contributed by atoms with Crippen LogP contribution >= 0.6 is 0 Å². The van der Waals surface area contributed by atoms with E-state index in [0.29, 0.717) is 5.69 Å². The molecule has 0 amide bonds. The lowest BCUT2D eigenvalue weighted by atomic mass is 10.1. The van der Waals surface area contributed by atoms with Gasteiger partial charge >= 0.3 is 5.97 Å². The first kappa shape index (κ1) is 14.3. The first-order valence-electron chi connectivity index (χ1n) is 6.37. The van der Waals surface area contributed by atoms with Gasteiger partial charge in [-0.15, -0.1) is 0 Å². The molecule has 7 heteroatoms. The normalized spacial score (nSPS) is 19.9. The molecule has 0 spiro atoms. The molecule has 1 aliphatic rings. The van der Waals surface area contributed by atoms with Crippen LogP contribution in [0.25, 0.3) is 0 Å². The summed E-state index contributed by atoms with van der Waals surface area (Å²) < 4.78 is 0. The number of nitro benzene ring substituents is 1. The number of likely N-dealkylation sites (N-methyl/N-ethyl adjacent to an activating group) is 1. The number of nitro groups is 1. The summed E-state index contributed by atoms with van der Waals surface area (Å²) in [6.45, 7) is 4.58. The van der Waals surface area contributed by atoms with Gasteiger partial charge in [-0.2, -0.15) is 0 Å². The molecule has 1 aromatic carbocycles. The number of piperazine rings is 1. The summed E-state index contributed by atoms with van der Waals surface area (Å²) in [6.07, 6.45) is 0. The Morgan fingerprint density at radius 3 is 2.70 bits per heavy atom. The van der Waals surface area contributed by atoms with Gasteiger partial charge in [-0.1, -0.05) is 0 Å². The van der Waals surface area contributed by atoms with Crippen LogP contribution in [0.2, 0.25) is 0 Å². The number of carboxylic acids is 1. The average Bonchev–Trinajstić information content (AvgIpc) is 2.37. The molecule has 108 valence electrons. The van der Waals surface area contributed by atoms with Crippen LogP contribution in [-0.2, 0) is 0 Å². The van der Waals surface area contributed by atoms with Gasteiger partial charge in [-0.25, -0.2) is 4.79 Å². The lowest BCUT2D eigenvalue weighted by Crippen LogP contribution is -2.50. The second-order valence-corrected chi connectivity index (χ2v) is 5.07. The van der Waals surface area contributed by atoms with E-state index in [1.54, 1.807) is 6.07 Å². The summed E-state index contributed by atoms with van der Waals surface area (Å²) in [7, 11) is 2.03. The molecule has 0 aliphatic carbocycles. The number of hydrogen-bond donors (Lipinski definition) is 1. The fourth-order valence-electron chi connectivity index (χ4n) is 2.56. The minimum absolute atomic E-state index is 0.233. The van der Waals surface area contributed by atoms with E-state index in [9.17, 15) is 14.9 Å². The molecular formula is C13H17N3O4. The smallest absolute Gasteiger partial charge is 0.342 e. The lowest BCUT2D eigenvalue weighted by molar-refractivity contribution is -0.385. The number of rotatable bonds is 3.